The van der Waals surface area contributed by atoms with Crippen LogP contribution in [0.2, 0.25) is 0 Å². The molecular weight excluding hydrogens is 306 g/mol. The molecule has 0 aliphatic heterocycles. The van der Waals surface area contributed by atoms with Crippen LogP contribution in [0.3, 0.4) is 0 Å². The number of pyridine rings is 1. The lowest BCUT2D eigenvalue weighted by molar-refractivity contribution is 0.0526. The maximum absolute atomic E-state index is 12.3. The van der Waals surface area contributed by atoms with E-state index in [1.54, 1.807) is 43.5 Å². The second-order valence-electron chi connectivity index (χ2n) is 5.60. The van der Waals surface area contributed by atoms with Crippen LogP contribution in [-0.2, 0) is 4.74 Å². The number of nitrogens with one attached hydrogen (secondary N) is 2. The highest BCUT2D eigenvalue weighted by Crippen LogP contribution is 2.24. The first-order valence-corrected chi connectivity index (χ1v) is 7.97. The molecule has 1 aromatic carbocycles. The van der Waals surface area contributed by atoms with Crippen LogP contribution in [0, 0.1) is 0 Å². The Hall–Kier alpha value is -2.89. The number of ether oxygens (including phenoxy) is 1. The standard InChI is InChI=1S/C18H19N3O3/c1-2-24-18(23)12-3-5-14(6-4-12)21-17(22)16-11-15(9-10-19-16)20-13-7-8-13/h3-6,9-11,13H,2,7-8H2,1H3,(H,19,20)(H,21,22). The third-order valence-corrected chi connectivity index (χ3v) is 3.59. The average Bonchev–Trinajstić information content (AvgIpc) is 3.40. The molecule has 1 aromatic heterocycles. The van der Waals surface area contributed by atoms with E-state index in [-0.39, 0.29) is 11.9 Å². The first-order chi connectivity index (χ1) is 11.7. The first kappa shape index (κ1) is 16.0. The minimum absolute atomic E-state index is 0.293. The summed E-state index contributed by atoms with van der Waals surface area (Å²) < 4.78 is 4.92. The topological polar surface area (TPSA) is 80.3 Å². The van der Waals surface area contributed by atoms with Crippen LogP contribution in [0.5, 0.6) is 0 Å². The lowest BCUT2D eigenvalue weighted by Crippen LogP contribution is -2.14. The van der Waals surface area contributed by atoms with Crippen molar-refractivity contribution in [2.24, 2.45) is 0 Å². The van der Waals surface area contributed by atoms with E-state index in [0.29, 0.717) is 29.6 Å². The molecule has 6 heteroatoms. The molecule has 1 saturated carbocycles. The number of hydrogen-bond donors (Lipinski definition) is 2. The van der Waals surface area contributed by atoms with Gasteiger partial charge in [0.15, 0.2) is 0 Å². The van der Waals surface area contributed by atoms with Gasteiger partial charge in [-0.2, -0.15) is 0 Å². The fraction of sp³-hybridized carbons (Fsp3) is 0.278. The Morgan fingerprint density at radius 3 is 2.58 bits per heavy atom. The number of rotatable bonds is 6. The van der Waals surface area contributed by atoms with Crippen molar-refractivity contribution in [3.8, 4) is 0 Å². The molecule has 0 atom stereocenters. The number of amides is 1. The van der Waals surface area contributed by atoms with Crippen LogP contribution >= 0.6 is 0 Å². The molecule has 1 aliphatic rings. The minimum Gasteiger partial charge on any atom is -0.462 e. The number of benzene rings is 1. The summed E-state index contributed by atoms with van der Waals surface area (Å²) in [6.07, 6.45) is 3.94. The van der Waals surface area contributed by atoms with E-state index < -0.39 is 0 Å². The predicted octanol–water partition coefficient (Wildman–Crippen LogP) is 3.08. The molecular formula is C18H19N3O3. The summed E-state index contributed by atoms with van der Waals surface area (Å²) in [6, 6.07) is 10.7. The van der Waals surface area contributed by atoms with Crippen molar-refractivity contribution < 1.29 is 14.3 Å². The van der Waals surface area contributed by atoms with E-state index in [9.17, 15) is 9.59 Å². The van der Waals surface area contributed by atoms with E-state index in [4.69, 9.17) is 4.74 Å². The Bertz CT molecular complexity index is 739. The highest BCUT2D eigenvalue weighted by Gasteiger charge is 2.21. The van der Waals surface area contributed by atoms with Crippen LogP contribution in [0.4, 0.5) is 11.4 Å². The molecule has 2 aromatic rings. The fourth-order valence-corrected chi connectivity index (χ4v) is 2.21. The van der Waals surface area contributed by atoms with Crippen molar-refractivity contribution in [3.05, 3.63) is 53.9 Å². The van der Waals surface area contributed by atoms with E-state index in [0.717, 1.165) is 18.5 Å². The van der Waals surface area contributed by atoms with Gasteiger partial charge < -0.3 is 15.4 Å². The summed E-state index contributed by atoms with van der Waals surface area (Å²) in [6.45, 7) is 2.08. The zero-order chi connectivity index (χ0) is 16.9. The van der Waals surface area contributed by atoms with Crippen molar-refractivity contribution in [1.82, 2.24) is 4.98 Å². The zero-order valence-electron chi connectivity index (χ0n) is 13.4. The molecule has 0 radical (unpaired) electrons. The molecule has 24 heavy (non-hydrogen) atoms. The summed E-state index contributed by atoms with van der Waals surface area (Å²) in [7, 11) is 0. The van der Waals surface area contributed by atoms with Gasteiger partial charge in [0.25, 0.3) is 5.91 Å². The van der Waals surface area contributed by atoms with E-state index in [1.807, 2.05) is 6.07 Å². The highest BCUT2D eigenvalue weighted by molar-refractivity contribution is 6.03. The molecule has 1 amide bonds. The van der Waals surface area contributed by atoms with Gasteiger partial charge in [-0.15, -0.1) is 0 Å². The van der Waals surface area contributed by atoms with Gasteiger partial charge >= 0.3 is 5.97 Å². The molecule has 6 nitrogen and oxygen atoms in total. The summed E-state index contributed by atoms with van der Waals surface area (Å²) >= 11 is 0. The SMILES string of the molecule is CCOC(=O)c1ccc(NC(=O)c2cc(NC3CC3)ccn2)cc1. The van der Waals surface area contributed by atoms with Gasteiger partial charge in [-0.25, -0.2) is 4.79 Å². The second kappa shape index (κ2) is 7.12. The van der Waals surface area contributed by atoms with Crippen molar-refractivity contribution in [2.45, 2.75) is 25.8 Å². The number of nitrogens with zero attached hydrogens (tertiary/aromatic N) is 1. The molecule has 0 saturated heterocycles. The highest BCUT2D eigenvalue weighted by atomic mass is 16.5. The quantitative estimate of drug-likeness (QED) is 0.798. The average molecular weight is 325 g/mol. The Labute approximate surface area is 140 Å². The molecule has 3 rings (SSSR count). The zero-order valence-corrected chi connectivity index (χ0v) is 13.4. The van der Waals surface area contributed by atoms with Crippen LogP contribution in [-0.4, -0.2) is 29.5 Å². The van der Waals surface area contributed by atoms with Crippen molar-refractivity contribution in [3.63, 3.8) is 0 Å². The van der Waals surface area contributed by atoms with Crippen LogP contribution in [0.1, 0.15) is 40.6 Å². The van der Waals surface area contributed by atoms with Gasteiger partial charge in [-0.05, 0) is 56.2 Å². The number of carbonyl (C=O) groups is 2. The fourth-order valence-electron chi connectivity index (χ4n) is 2.21. The van der Waals surface area contributed by atoms with E-state index in [2.05, 4.69) is 15.6 Å². The number of anilines is 2. The molecule has 1 heterocycles. The number of esters is 1. The molecule has 1 aliphatic carbocycles. The Kier molecular flexibility index (Phi) is 4.74. The lowest BCUT2D eigenvalue weighted by Gasteiger charge is -2.08. The number of aromatic nitrogens is 1. The van der Waals surface area contributed by atoms with Gasteiger partial charge in [0, 0.05) is 23.6 Å². The van der Waals surface area contributed by atoms with Crippen molar-refractivity contribution in [2.75, 3.05) is 17.2 Å². The van der Waals surface area contributed by atoms with Crippen LogP contribution < -0.4 is 10.6 Å². The van der Waals surface area contributed by atoms with Crippen LogP contribution in [0.15, 0.2) is 42.6 Å². The van der Waals surface area contributed by atoms with E-state index >= 15 is 0 Å². The smallest absolute Gasteiger partial charge is 0.338 e. The van der Waals surface area contributed by atoms with E-state index in [1.165, 1.54) is 0 Å². The Morgan fingerprint density at radius 2 is 1.92 bits per heavy atom. The third kappa shape index (κ3) is 4.10. The minimum atomic E-state index is -0.379. The van der Waals surface area contributed by atoms with Gasteiger partial charge in [0.1, 0.15) is 5.69 Å². The lowest BCUT2D eigenvalue weighted by atomic mass is 10.2. The Balaban J connectivity index is 1.64. The monoisotopic (exact) mass is 325 g/mol. The van der Waals surface area contributed by atoms with Crippen LogP contribution in [0.25, 0.3) is 0 Å². The molecule has 2 N–H and O–H groups in total. The van der Waals surface area contributed by atoms with Gasteiger partial charge in [-0.1, -0.05) is 0 Å². The predicted molar refractivity (Wildman–Crippen MR) is 91.2 cm³/mol. The maximum Gasteiger partial charge on any atom is 0.338 e. The molecule has 0 spiro atoms. The summed E-state index contributed by atoms with van der Waals surface area (Å²) in [5.41, 5.74) is 2.28. The van der Waals surface area contributed by atoms with Gasteiger partial charge in [0.2, 0.25) is 0 Å². The number of carbonyl (C=O) groups excluding carboxylic acids is 2. The Morgan fingerprint density at radius 1 is 1.17 bits per heavy atom. The molecule has 0 bridgehead atoms. The summed E-state index contributed by atoms with van der Waals surface area (Å²) in [5, 5.41) is 6.11. The maximum atomic E-state index is 12.3. The normalized spacial score (nSPS) is 13.2. The van der Waals surface area contributed by atoms with Crippen molar-refractivity contribution >= 4 is 23.3 Å². The first-order valence-electron chi connectivity index (χ1n) is 7.97. The summed E-state index contributed by atoms with van der Waals surface area (Å²) in [4.78, 5) is 28.0. The largest absolute Gasteiger partial charge is 0.462 e. The number of hydrogen-bond acceptors (Lipinski definition) is 5. The second-order valence-corrected chi connectivity index (χ2v) is 5.60. The molecule has 124 valence electrons. The van der Waals surface area contributed by atoms with Gasteiger partial charge in [0.05, 0.1) is 12.2 Å². The molecule has 0 unspecified atom stereocenters. The summed E-state index contributed by atoms with van der Waals surface area (Å²) in [5.74, 6) is -0.672. The molecule has 1 fully saturated rings. The third-order valence-electron chi connectivity index (χ3n) is 3.59. The van der Waals surface area contributed by atoms with Gasteiger partial charge in [-0.3, -0.25) is 9.78 Å². The van der Waals surface area contributed by atoms with Crippen molar-refractivity contribution in [1.29, 1.82) is 0 Å².